The number of hydrogen-bond donors (Lipinski definition) is 6. The largest absolute Gasteiger partial charge is 0.508 e. The number of hydrogen-bond acceptors (Lipinski definition) is 7. The summed E-state index contributed by atoms with van der Waals surface area (Å²) in [5, 5.41) is 24.6. The van der Waals surface area contributed by atoms with Gasteiger partial charge in [-0.1, -0.05) is 42.5 Å². The number of H-pyrrole nitrogens is 1. The van der Waals surface area contributed by atoms with E-state index in [0.717, 1.165) is 5.56 Å². The van der Waals surface area contributed by atoms with E-state index in [-0.39, 0.29) is 30.9 Å². The standard InChI is InChI=1S/C29H34N6O6/c30-22(15-20-16-31-17-32-20)28(39)35-12-4-7-25(35)27(38)33-23(13-18-5-2-1-3-6-18)26(37)34-24(29(40)41)14-19-8-10-21(36)11-9-19/h1-3,5-6,8-11,16-17,22-25,36H,4,7,12-15,30H2,(H,31,32)(H,33,38)(H,34,37)(H,40,41). The van der Waals surface area contributed by atoms with E-state index in [0.29, 0.717) is 30.6 Å². The number of carboxylic acid groups (broad SMARTS) is 1. The number of aromatic hydroxyl groups is 1. The Bertz CT molecular complexity index is 1330. The van der Waals surface area contributed by atoms with Gasteiger partial charge >= 0.3 is 5.97 Å². The van der Waals surface area contributed by atoms with Crippen molar-refractivity contribution in [1.82, 2.24) is 25.5 Å². The highest BCUT2D eigenvalue weighted by Crippen LogP contribution is 2.20. The number of phenols is 1. The number of amides is 3. The predicted octanol–water partition coefficient (Wildman–Crippen LogP) is 0.516. The maximum atomic E-state index is 13.5. The summed E-state index contributed by atoms with van der Waals surface area (Å²) in [5.74, 6) is -2.75. The zero-order valence-corrected chi connectivity index (χ0v) is 22.4. The maximum absolute atomic E-state index is 13.5. The van der Waals surface area contributed by atoms with Crippen molar-refractivity contribution >= 4 is 23.7 Å². The van der Waals surface area contributed by atoms with Gasteiger partial charge in [-0.15, -0.1) is 0 Å². The molecule has 3 aromatic rings. The Kier molecular flexibility index (Phi) is 9.69. The fourth-order valence-corrected chi connectivity index (χ4v) is 4.90. The number of benzene rings is 2. The topological polar surface area (TPSA) is 191 Å². The number of aromatic nitrogens is 2. The highest BCUT2D eigenvalue weighted by atomic mass is 16.4. The van der Waals surface area contributed by atoms with E-state index >= 15 is 0 Å². The summed E-state index contributed by atoms with van der Waals surface area (Å²) in [6.07, 6.45) is 4.42. The van der Waals surface area contributed by atoms with E-state index in [9.17, 15) is 29.4 Å². The van der Waals surface area contributed by atoms with Crippen LogP contribution in [0.2, 0.25) is 0 Å². The van der Waals surface area contributed by atoms with E-state index < -0.39 is 42.0 Å². The Morgan fingerprint density at radius 2 is 1.66 bits per heavy atom. The number of aliphatic carboxylic acids is 1. The minimum absolute atomic E-state index is 0.0213. The molecule has 1 aliphatic rings. The lowest BCUT2D eigenvalue weighted by atomic mass is 10.0. The van der Waals surface area contributed by atoms with Gasteiger partial charge in [0.05, 0.1) is 12.4 Å². The summed E-state index contributed by atoms with van der Waals surface area (Å²) >= 11 is 0. The minimum Gasteiger partial charge on any atom is -0.508 e. The molecule has 4 unspecified atom stereocenters. The monoisotopic (exact) mass is 562 g/mol. The molecule has 1 saturated heterocycles. The third-order valence-electron chi connectivity index (χ3n) is 7.06. The summed E-state index contributed by atoms with van der Waals surface area (Å²) in [5.41, 5.74) is 8.22. The lowest BCUT2D eigenvalue weighted by molar-refractivity contribution is -0.143. The molecular weight excluding hydrogens is 528 g/mol. The van der Waals surface area contributed by atoms with E-state index in [1.807, 2.05) is 6.07 Å². The number of carbonyl (C=O) groups is 4. The second-order valence-corrected chi connectivity index (χ2v) is 10.1. The fraction of sp³-hybridized carbons (Fsp3) is 0.345. The van der Waals surface area contributed by atoms with Crippen LogP contribution in [0, 0.1) is 0 Å². The zero-order chi connectivity index (χ0) is 29.4. The van der Waals surface area contributed by atoms with Crippen molar-refractivity contribution in [2.75, 3.05) is 6.54 Å². The number of aromatic amines is 1. The predicted molar refractivity (Wildman–Crippen MR) is 148 cm³/mol. The molecule has 0 aliphatic carbocycles. The van der Waals surface area contributed by atoms with Crippen LogP contribution in [0.5, 0.6) is 5.75 Å². The second-order valence-electron chi connectivity index (χ2n) is 10.1. The van der Waals surface area contributed by atoms with Crippen molar-refractivity contribution < 1.29 is 29.4 Å². The number of nitrogens with one attached hydrogen (secondary N) is 3. The molecule has 12 nitrogen and oxygen atoms in total. The smallest absolute Gasteiger partial charge is 0.326 e. The van der Waals surface area contributed by atoms with Crippen LogP contribution in [0.25, 0.3) is 0 Å². The quantitative estimate of drug-likeness (QED) is 0.184. The number of carboxylic acids is 1. The van der Waals surface area contributed by atoms with Crippen molar-refractivity contribution in [3.05, 3.63) is 83.9 Å². The highest BCUT2D eigenvalue weighted by Gasteiger charge is 2.38. The molecule has 216 valence electrons. The van der Waals surface area contributed by atoms with Crippen LogP contribution in [-0.4, -0.2) is 79.5 Å². The van der Waals surface area contributed by atoms with Gasteiger partial charge in [0.2, 0.25) is 17.7 Å². The van der Waals surface area contributed by atoms with Crippen LogP contribution in [0.3, 0.4) is 0 Å². The molecule has 1 aliphatic heterocycles. The average Bonchev–Trinajstić information content (AvgIpc) is 3.66. The molecule has 3 amide bonds. The first-order valence-electron chi connectivity index (χ1n) is 13.4. The number of imidazole rings is 1. The summed E-state index contributed by atoms with van der Waals surface area (Å²) in [6, 6.07) is 11.0. The molecular formula is C29H34N6O6. The van der Waals surface area contributed by atoms with Gasteiger partial charge in [-0.3, -0.25) is 14.4 Å². The van der Waals surface area contributed by atoms with Crippen LogP contribution < -0.4 is 16.4 Å². The Balaban J connectivity index is 1.47. The summed E-state index contributed by atoms with van der Waals surface area (Å²) < 4.78 is 0. The maximum Gasteiger partial charge on any atom is 0.326 e. The normalized spacial score (nSPS) is 16.9. The van der Waals surface area contributed by atoms with Crippen LogP contribution in [-0.2, 0) is 38.4 Å². The lowest BCUT2D eigenvalue weighted by Crippen LogP contribution is -2.57. The molecule has 1 fully saturated rings. The third kappa shape index (κ3) is 7.92. The molecule has 2 heterocycles. The van der Waals surface area contributed by atoms with E-state index in [1.54, 1.807) is 42.6 Å². The second kappa shape index (κ2) is 13.6. The minimum atomic E-state index is -1.27. The first-order valence-corrected chi connectivity index (χ1v) is 13.4. The molecule has 4 rings (SSSR count). The van der Waals surface area contributed by atoms with Crippen molar-refractivity contribution in [3.8, 4) is 5.75 Å². The number of nitrogens with two attached hydrogens (primary N) is 1. The Morgan fingerprint density at radius 1 is 0.976 bits per heavy atom. The lowest BCUT2D eigenvalue weighted by Gasteiger charge is -2.28. The first kappa shape index (κ1) is 29.3. The molecule has 0 bridgehead atoms. The Labute approximate surface area is 237 Å². The highest BCUT2D eigenvalue weighted by molar-refractivity contribution is 5.94. The van der Waals surface area contributed by atoms with Gasteiger partial charge in [0.15, 0.2) is 0 Å². The molecule has 41 heavy (non-hydrogen) atoms. The van der Waals surface area contributed by atoms with Crippen LogP contribution >= 0.6 is 0 Å². The van der Waals surface area contributed by atoms with Crippen LogP contribution in [0.4, 0.5) is 0 Å². The van der Waals surface area contributed by atoms with Gasteiger partial charge in [-0.2, -0.15) is 0 Å². The number of carbonyl (C=O) groups excluding carboxylic acids is 3. The summed E-state index contributed by atoms with van der Waals surface area (Å²) in [6.45, 7) is 0.358. The van der Waals surface area contributed by atoms with Gasteiger partial charge in [-0.05, 0) is 36.1 Å². The first-order chi connectivity index (χ1) is 19.7. The molecule has 12 heteroatoms. The fourth-order valence-electron chi connectivity index (χ4n) is 4.90. The number of nitrogens with zero attached hydrogens (tertiary/aromatic N) is 2. The zero-order valence-electron chi connectivity index (χ0n) is 22.4. The molecule has 0 spiro atoms. The third-order valence-corrected chi connectivity index (χ3v) is 7.06. The van der Waals surface area contributed by atoms with Crippen molar-refractivity contribution in [1.29, 1.82) is 0 Å². The summed E-state index contributed by atoms with van der Waals surface area (Å²) in [4.78, 5) is 60.3. The van der Waals surface area contributed by atoms with E-state index in [2.05, 4.69) is 20.6 Å². The van der Waals surface area contributed by atoms with Gasteiger partial charge in [0.1, 0.15) is 23.9 Å². The molecule has 1 aromatic heterocycles. The van der Waals surface area contributed by atoms with Crippen LogP contribution in [0.1, 0.15) is 29.7 Å². The van der Waals surface area contributed by atoms with Gasteiger partial charge < -0.3 is 36.5 Å². The molecule has 0 saturated carbocycles. The van der Waals surface area contributed by atoms with Crippen molar-refractivity contribution in [2.24, 2.45) is 5.73 Å². The van der Waals surface area contributed by atoms with E-state index in [1.165, 1.54) is 23.4 Å². The molecule has 0 radical (unpaired) electrons. The molecule has 4 atom stereocenters. The Morgan fingerprint density at radius 3 is 2.32 bits per heavy atom. The van der Waals surface area contributed by atoms with E-state index in [4.69, 9.17) is 5.73 Å². The van der Waals surface area contributed by atoms with Crippen molar-refractivity contribution in [2.45, 2.75) is 56.3 Å². The number of likely N-dealkylation sites (tertiary alicyclic amines) is 1. The van der Waals surface area contributed by atoms with Gasteiger partial charge in [0.25, 0.3) is 0 Å². The van der Waals surface area contributed by atoms with Crippen LogP contribution in [0.15, 0.2) is 67.1 Å². The molecule has 7 N–H and O–H groups in total. The average molecular weight is 563 g/mol. The number of rotatable bonds is 12. The number of phenolic OH excluding ortho intramolecular Hbond substituents is 1. The van der Waals surface area contributed by atoms with Gasteiger partial charge in [-0.25, -0.2) is 9.78 Å². The SMILES string of the molecule is NC(Cc1cnc[nH]1)C(=O)N1CCCC1C(=O)NC(Cc1ccccc1)C(=O)NC(Cc1ccc(O)cc1)C(=O)O. The molecule has 2 aromatic carbocycles. The van der Waals surface area contributed by atoms with Crippen molar-refractivity contribution in [3.63, 3.8) is 0 Å². The summed E-state index contributed by atoms with van der Waals surface area (Å²) in [7, 11) is 0. The Hall–Kier alpha value is -4.71. The van der Waals surface area contributed by atoms with Gasteiger partial charge in [0, 0.05) is 37.7 Å².